The van der Waals surface area contributed by atoms with Gasteiger partial charge in [-0.2, -0.15) is 0 Å². The van der Waals surface area contributed by atoms with Crippen LogP contribution in [0.2, 0.25) is 4.31 Å². The molecule has 0 unspecified atom stereocenters. The van der Waals surface area contributed by atoms with E-state index in [1.54, 1.807) is 0 Å². The van der Waals surface area contributed by atoms with Gasteiger partial charge < -0.3 is 0 Å². The average Bonchev–Trinajstić information content (AvgIpc) is 0.722. The van der Waals surface area contributed by atoms with Crippen LogP contribution in [0, 0.1) is 0 Å². The van der Waals surface area contributed by atoms with Crippen molar-refractivity contribution in [3.05, 3.63) is 0 Å². The minimum atomic E-state index is 0.375. The molecule has 0 N–H and O–H groups in total. The molecular formula is C4H9Se-. The summed E-state index contributed by atoms with van der Waals surface area (Å²) >= 11 is 2.98. The fourth-order valence-electron chi connectivity index (χ4n) is 0. The second-order valence-electron chi connectivity index (χ2n) is 2.11. The monoisotopic (exact) mass is 137 g/mol. The molecule has 32 valence electrons. The van der Waals surface area contributed by atoms with Crippen LogP contribution in [0.1, 0.15) is 20.8 Å². The van der Waals surface area contributed by atoms with Gasteiger partial charge in [0, 0.05) is 0 Å². The zero-order chi connectivity index (χ0) is 4.50. The van der Waals surface area contributed by atoms with Crippen LogP contribution in [-0.4, -0.2) is 16.0 Å². The topological polar surface area (TPSA) is 0 Å². The molecule has 0 amide bonds. The van der Waals surface area contributed by atoms with E-state index in [1.165, 1.54) is 0 Å². The van der Waals surface area contributed by atoms with Gasteiger partial charge in [0.15, 0.2) is 0 Å². The van der Waals surface area contributed by atoms with Crippen molar-refractivity contribution in [3.63, 3.8) is 0 Å². The van der Waals surface area contributed by atoms with Crippen LogP contribution in [0.3, 0.4) is 0 Å². The van der Waals surface area contributed by atoms with Crippen molar-refractivity contribution in [1.29, 1.82) is 0 Å². The standard InChI is InChI=1S/C4H10Se/c1-4(2,3)5/h5H,1-3H3/p-1. The molecule has 0 aromatic rings. The van der Waals surface area contributed by atoms with Gasteiger partial charge in [0.05, 0.1) is 0 Å². The molecule has 0 aliphatic rings. The summed E-state index contributed by atoms with van der Waals surface area (Å²) in [7, 11) is 0. The maximum absolute atomic E-state index is 2.98. The predicted molar refractivity (Wildman–Crippen MR) is 25.5 cm³/mol. The first kappa shape index (κ1) is 5.52. The summed E-state index contributed by atoms with van der Waals surface area (Å²) in [5.74, 6) is 0. The Morgan fingerprint density at radius 1 is 1.20 bits per heavy atom. The van der Waals surface area contributed by atoms with E-state index in [4.69, 9.17) is 0 Å². The second-order valence-corrected chi connectivity index (χ2v) is 4.68. The third-order valence-corrected chi connectivity index (χ3v) is 0. The normalized spacial score (nSPS) is 12.0. The van der Waals surface area contributed by atoms with E-state index < -0.39 is 0 Å². The van der Waals surface area contributed by atoms with Crippen LogP contribution in [0.25, 0.3) is 0 Å². The fraction of sp³-hybridized carbons (Fsp3) is 1.00. The Bertz CT molecular complexity index is 19.1. The van der Waals surface area contributed by atoms with Gasteiger partial charge in [0.25, 0.3) is 0 Å². The second kappa shape index (κ2) is 1.32. The third-order valence-electron chi connectivity index (χ3n) is 0. The Morgan fingerprint density at radius 2 is 1.20 bits per heavy atom. The van der Waals surface area contributed by atoms with Crippen molar-refractivity contribution < 1.29 is 0 Å². The van der Waals surface area contributed by atoms with Gasteiger partial charge in [0.1, 0.15) is 0 Å². The summed E-state index contributed by atoms with van der Waals surface area (Å²) < 4.78 is 0.375. The fourth-order valence-corrected chi connectivity index (χ4v) is 0. The molecule has 0 saturated carbocycles. The Morgan fingerprint density at radius 3 is 1.20 bits per heavy atom. The molecule has 0 atom stereocenters. The first-order chi connectivity index (χ1) is 2.00. The quantitative estimate of drug-likeness (QED) is 0.441. The Kier molecular flexibility index (Phi) is 1.45. The molecule has 0 rings (SSSR count). The molecule has 0 aliphatic carbocycles. The molecule has 0 spiro atoms. The molecule has 0 nitrogen and oxygen atoms in total. The van der Waals surface area contributed by atoms with Crippen molar-refractivity contribution in [1.82, 2.24) is 0 Å². The van der Waals surface area contributed by atoms with E-state index in [2.05, 4.69) is 36.8 Å². The third kappa shape index (κ3) is 106. The summed E-state index contributed by atoms with van der Waals surface area (Å²) in [5, 5.41) is 0. The number of hydrogen-bond acceptors (Lipinski definition) is 0. The summed E-state index contributed by atoms with van der Waals surface area (Å²) in [6.07, 6.45) is 0. The van der Waals surface area contributed by atoms with Gasteiger partial charge in [-0.25, -0.2) is 0 Å². The SMILES string of the molecule is CC(C)(C)[Se-]. The minimum absolute atomic E-state index is 0.375. The number of rotatable bonds is 0. The molecule has 0 bridgehead atoms. The Labute approximate surface area is 41.8 Å². The molecule has 0 aromatic heterocycles. The van der Waals surface area contributed by atoms with Gasteiger partial charge in [0.2, 0.25) is 0 Å². The van der Waals surface area contributed by atoms with Crippen LogP contribution in [0.5, 0.6) is 0 Å². The van der Waals surface area contributed by atoms with Gasteiger partial charge in [-0.15, -0.1) is 0 Å². The first-order valence-corrected chi connectivity index (χ1v) is 2.56. The molecular weight excluding hydrogens is 127 g/mol. The van der Waals surface area contributed by atoms with Crippen LogP contribution < -0.4 is 0 Å². The van der Waals surface area contributed by atoms with E-state index in [-0.39, 0.29) is 0 Å². The van der Waals surface area contributed by atoms with Crippen LogP contribution in [-0.2, 0) is 0 Å². The molecule has 0 aliphatic heterocycles. The molecule has 0 radical (unpaired) electrons. The summed E-state index contributed by atoms with van der Waals surface area (Å²) in [6, 6.07) is 0. The van der Waals surface area contributed by atoms with E-state index in [0.29, 0.717) is 4.31 Å². The maximum atomic E-state index is 2.98. The molecule has 0 saturated heterocycles. The van der Waals surface area contributed by atoms with Crippen LogP contribution >= 0.6 is 0 Å². The first-order valence-electron chi connectivity index (χ1n) is 1.70. The van der Waals surface area contributed by atoms with Gasteiger partial charge in [-0.3, -0.25) is 0 Å². The van der Waals surface area contributed by atoms with E-state index in [1.807, 2.05) is 0 Å². The van der Waals surface area contributed by atoms with Crippen molar-refractivity contribution in [2.45, 2.75) is 25.1 Å². The van der Waals surface area contributed by atoms with Gasteiger partial charge in [-0.05, 0) is 0 Å². The number of hydrogen-bond donors (Lipinski definition) is 0. The Hall–Kier alpha value is 0.519. The van der Waals surface area contributed by atoms with Crippen LogP contribution in [0.15, 0.2) is 0 Å². The predicted octanol–water partition coefficient (Wildman–Crippen LogP) is 1.37. The van der Waals surface area contributed by atoms with Crippen molar-refractivity contribution in [2.24, 2.45) is 0 Å². The zero-order valence-corrected chi connectivity index (χ0v) is 5.62. The summed E-state index contributed by atoms with van der Waals surface area (Å²) in [4.78, 5) is 0. The molecule has 0 aromatic carbocycles. The molecule has 0 fully saturated rings. The summed E-state index contributed by atoms with van der Waals surface area (Å²) in [6.45, 7) is 6.40. The zero-order valence-electron chi connectivity index (χ0n) is 3.91. The summed E-state index contributed by atoms with van der Waals surface area (Å²) in [5.41, 5.74) is 0. The average molecular weight is 136 g/mol. The van der Waals surface area contributed by atoms with E-state index in [9.17, 15) is 0 Å². The van der Waals surface area contributed by atoms with Crippen LogP contribution in [0.4, 0.5) is 0 Å². The Balaban J connectivity index is 3.02. The van der Waals surface area contributed by atoms with Gasteiger partial charge in [-0.1, -0.05) is 0 Å². The molecule has 1 heteroatoms. The van der Waals surface area contributed by atoms with E-state index in [0.717, 1.165) is 0 Å². The molecule has 0 heterocycles. The van der Waals surface area contributed by atoms with Crippen molar-refractivity contribution in [3.8, 4) is 0 Å². The van der Waals surface area contributed by atoms with Crippen molar-refractivity contribution in [2.75, 3.05) is 0 Å². The van der Waals surface area contributed by atoms with Crippen molar-refractivity contribution >= 4 is 16.0 Å². The molecule has 5 heavy (non-hydrogen) atoms. The van der Waals surface area contributed by atoms with Gasteiger partial charge >= 0.3 is 41.1 Å². The van der Waals surface area contributed by atoms with E-state index >= 15 is 0 Å².